The van der Waals surface area contributed by atoms with E-state index in [0.29, 0.717) is 12.2 Å². The second kappa shape index (κ2) is 8.33. The Morgan fingerprint density at radius 1 is 1.43 bits per heavy atom. The molecular weight excluding hydrogens is 292 g/mol. The van der Waals surface area contributed by atoms with Crippen LogP contribution < -0.4 is 9.46 Å². The predicted molar refractivity (Wildman–Crippen MR) is 82.3 cm³/mol. The molecule has 0 radical (unpaired) electrons. The van der Waals surface area contributed by atoms with Crippen molar-refractivity contribution in [2.45, 2.75) is 32.4 Å². The highest BCUT2D eigenvalue weighted by Crippen LogP contribution is 2.14. The average Bonchev–Trinajstić information content (AvgIpc) is 2.45. The minimum atomic E-state index is -3.61. The molecule has 6 nitrogen and oxygen atoms in total. The predicted octanol–water partition coefficient (Wildman–Crippen LogP) is 1.12. The highest BCUT2D eigenvalue weighted by atomic mass is 32.2. The molecule has 1 rings (SSSR count). The first kappa shape index (κ1) is 17.9. The van der Waals surface area contributed by atoms with Crippen molar-refractivity contribution in [2.75, 3.05) is 20.7 Å². The van der Waals surface area contributed by atoms with Crippen molar-refractivity contribution in [2.24, 2.45) is 0 Å². The topological polar surface area (TPSA) is 78.9 Å². The summed E-state index contributed by atoms with van der Waals surface area (Å²) in [4.78, 5) is 0. The van der Waals surface area contributed by atoms with Crippen molar-refractivity contribution in [3.05, 3.63) is 29.8 Å². The third kappa shape index (κ3) is 6.01. The fraction of sp³-hybridized carbons (Fsp3) is 0.571. The number of ether oxygens (including phenoxy) is 1. The maximum absolute atomic E-state index is 12.1. The molecule has 0 fully saturated rings. The molecule has 0 aliphatic heterocycles. The summed E-state index contributed by atoms with van der Waals surface area (Å²) in [6.45, 7) is 2.20. The summed E-state index contributed by atoms with van der Waals surface area (Å²) >= 11 is 0. The number of aliphatic hydroxyl groups is 1. The third-order valence-electron chi connectivity index (χ3n) is 3.07. The van der Waals surface area contributed by atoms with Crippen LogP contribution in [0.4, 0.5) is 0 Å². The van der Waals surface area contributed by atoms with Gasteiger partial charge in [0.25, 0.3) is 10.2 Å². The Kier molecular flexibility index (Phi) is 7.10. The molecule has 0 aliphatic carbocycles. The Bertz CT molecular complexity index is 534. The van der Waals surface area contributed by atoms with Gasteiger partial charge in [-0.2, -0.15) is 17.4 Å². The average molecular weight is 316 g/mol. The molecule has 7 heteroatoms. The van der Waals surface area contributed by atoms with Crippen molar-refractivity contribution in [1.82, 2.24) is 9.03 Å². The highest BCUT2D eigenvalue weighted by Gasteiger charge is 2.18. The number of methoxy groups -OCH3 is 1. The van der Waals surface area contributed by atoms with Crippen LogP contribution >= 0.6 is 0 Å². The van der Waals surface area contributed by atoms with Gasteiger partial charge < -0.3 is 9.84 Å². The molecule has 0 bridgehead atoms. The minimum absolute atomic E-state index is 0.0264. The molecule has 1 atom stereocenters. The number of benzene rings is 1. The lowest BCUT2D eigenvalue weighted by Gasteiger charge is -2.19. The van der Waals surface area contributed by atoms with Crippen molar-refractivity contribution in [1.29, 1.82) is 0 Å². The Morgan fingerprint density at radius 2 is 2.14 bits per heavy atom. The van der Waals surface area contributed by atoms with Gasteiger partial charge in [-0.15, -0.1) is 0 Å². The Labute approximate surface area is 126 Å². The summed E-state index contributed by atoms with van der Waals surface area (Å²) in [5, 5.41) is 9.59. The van der Waals surface area contributed by atoms with E-state index >= 15 is 0 Å². The lowest BCUT2D eigenvalue weighted by molar-refractivity contribution is 0.166. The Hall–Kier alpha value is -1.15. The van der Waals surface area contributed by atoms with Crippen molar-refractivity contribution < 1.29 is 18.3 Å². The van der Waals surface area contributed by atoms with Crippen molar-refractivity contribution in [3.8, 4) is 5.75 Å². The van der Waals surface area contributed by atoms with Gasteiger partial charge in [-0.25, -0.2) is 0 Å². The maximum Gasteiger partial charge on any atom is 0.279 e. The van der Waals surface area contributed by atoms with Crippen molar-refractivity contribution in [3.63, 3.8) is 0 Å². The number of aliphatic hydroxyl groups excluding tert-OH is 1. The van der Waals surface area contributed by atoms with E-state index in [-0.39, 0.29) is 13.1 Å². The van der Waals surface area contributed by atoms with Crippen LogP contribution in [-0.4, -0.2) is 44.6 Å². The quantitative estimate of drug-likeness (QED) is 0.715. The fourth-order valence-corrected chi connectivity index (χ4v) is 2.80. The second-order valence-electron chi connectivity index (χ2n) is 4.90. The molecule has 1 aromatic rings. The van der Waals surface area contributed by atoms with Gasteiger partial charge in [-0.1, -0.05) is 25.5 Å². The van der Waals surface area contributed by atoms with Gasteiger partial charge in [0.15, 0.2) is 0 Å². The number of hydrogen-bond donors (Lipinski definition) is 2. The van der Waals surface area contributed by atoms with E-state index in [1.54, 1.807) is 19.2 Å². The summed E-state index contributed by atoms with van der Waals surface area (Å²) in [5.74, 6) is 0.685. The van der Waals surface area contributed by atoms with Gasteiger partial charge in [0.1, 0.15) is 5.75 Å². The molecule has 0 saturated carbocycles. The highest BCUT2D eigenvalue weighted by molar-refractivity contribution is 7.87. The number of nitrogens with zero attached hydrogens (tertiary/aromatic N) is 1. The molecule has 0 heterocycles. The van der Waals surface area contributed by atoms with E-state index in [2.05, 4.69) is 4.72 Å². The lowest BCUT2D eigenvalue weighted by Crippen LogP contribution is -2.41. The van der Waals surface area contributed by atoms with Crippen LogP contribution in [0.15, 0.2) is 24.3 Å². The normalized spacial score (nSPS) is 13.4. The second-order valence-corrected chi connectivity index (χ2v) is 6.77. The molecular formula is C14H24N2O4S. The third-order valence-corrected chi connectivity index (χ3v) is 4.55. The molecule has 1 unspecified atom stereocenters. The standard InChI is InChI=1S/C14H24N2O4S/c1-4-6-13(17)10-15-21(18,19)16(2)11-12-7-5-8-14(9-12)20-3/h5,7-9,13,15,17H,4,6,10-11H2,1-3H3. The van der Waals surface area contributed by atoms with Gasteiger partial charge >= 0.3 is 0 Å². The molecule has 0 saturated heterocycles. The van der Waals surface area contributed by atoms with Crippen LogP contribution in [0.25, 0.3) is 0 Å². The van der Waals surface area contributed by atoms with E-state index < -0.39 is 16.3 Å². The fourth-order valence-electron chi connectivity index (χ4n) is 1.86. The summed E-state index contributed by atoms with van der Waals surface area (Å²) in [5.41, 5.74) is 0.830. The van der Waals surface area contributed by atoms with Gasteiger partial charge in [0.05, 0.1) is 13.2 Å². The lowest BCUT2D eigenvalue weighted by atomic mass is 10.2. The van der Waals surface area contributed by atoms with Crippen LogP contribution in [0.2, 0.25) is 0 Å². The van der Waals surface area contributed by atoms with Crippen LogP contribution in [0.3, 0.4) is 0 Å². The van der Waals surface area contributed by atoms with E-state index in [9.17, 15) is 13.5 Å². The van der Waals surface area contributed by atoms with Gasteiger partial charge in [0, 0.05) is 20.1 Å². The minimum Gasteiger partial charge on any atom is -0.497 e. The van der Waals surface area contributed by atoms with Crippen LogP contribution in [-0.2, 0) is 16.8 Å². The van der Waals surface area contributed by atoms with Crippen molar-refractivity contribution >= 4 is 10.2 Å². The SMILES string of the molecule is CCCC(O)CNS(=O)(=O)N(C)Cc1cccc(OC)c1. The zero-order valence-electron chi connectivity index (χ0n) is 12.7. The molecule has 120 valence electrons. The monoisotopic (exact) mass is 316 g/mol. The van der Waals surface area contributed by atoms with Crippen LogP contribution in [0, 0.1) is 0 Å². The van der Waals surface area contributed by atoms with Gasteiger partial charge in [-0.05, 0) is 24.1 Å². The molecule has 0 aliphatic rings. The van der Waals surface area contributed by atoms with Gasteiger partial charge in [-0.3, -0.25) is 0 Å². The molecule has 21 heavy (non-hydrogen) atoms. The molecule has 0 aromatic heterocycles. The molecule has 2 N–H and O–H groups in total. The number of rotatable bonds is 9. The van der Waals surface area contributed by atoms with Crippen LogP contribution in [0.1, 0.15) is 25.3 Å². The first-order chi connectivity index (χ1) is 9.89. The smallest absolute Gasteiger partial charge is 0.279 e. The zero-order valence-corrected chi connectivity index (χ0v) is 13.6. The van der Waals surface area contributed by atoms with E-state index in [1.807, 2.05) is 19.1 Å². The molecule has 1 aromatic carbocycles. The van der Waals surface area contributed by atoms with Crippen LogP contribution in [0.5, 0.6) is 5.75 Å². The summed E-state index contributed by atoms with van der Waals surface area (Å²) in [6.07, 6.45) is 0.722. The van der Waals surface area contributed by atoms with E-state index in [1.165, 1.54) is 11.4 Å². The first-order valence-electron chi connectivity index (χ1n) is 6.91. The zero-order chi connectivity index (χ0) is 15.9. The summed E-state index contributed by atoms with van der Waals surface area (Å²) < 4.78 is 32.9. The Morgan fingerprint density at radius 3 is 2.76 bits per heavy atom. The number of nitrogens with one attached hydrogen (secondary N) is 1. The van der Waals surface area contributed by atoms with E-state index in [4.69, 9.17) is 4.74 Å². The largest absolute Gasteiger partial charge is 0.497 e. The number of hydrogen-bond acceptors (Lipinski definition) is 4. The Balaban J connectivity index is 2.61. The molecule has 0 amide bonds. The first-order valence-corrected chi connectivity index (χ1v) is 8.35. The molecule has 0 spiro atoms. The summed E-state index contributed by atoms with van der Waals surface area (Å²) in [6, 6.07) is 7.24. The van der Waals surface area contributed by atoms with Gasteiger partial charge in [0.2, 0.25) is 0 Å². The maximum atomic E-state index is 12.1. The summed E-state index contributed by atoms with van der Waals surface area (Å²) in [7, 11) is -0.549. The van der Waals surface area contributed by atoms with E-state index in [0.717, 1.165) is 12.0 Å².